The summed E-state index contributed by atoms with van der Waals surface area (Å²) >= 11 is 5.29. The van der Waals surface area contributed by atoms with Crippen LogP contribution < -0.4 is 5.76 Å². The molecule has 0 unspecified atom stereocenters. The molecule has 1 aliphatic heterocycles. The van der Waals surface area contributed by atoms with Crippen molar-refractivity contribution < 1.29 is 4.42 Å². The Bertz CT molecular complexity index is 882. The quantitative estimate of drug-likeness (QED) is 0.668. The first-order valence-corrected chi connectivity index (χ1v) is 9.38. The molecule has 1 fully saturated rings. The number of piperidine rings is 1. The molecule has 0 aliphatic carbocycles. The van der Waals surface area contributed by atoms with Gasteiger partial charge in [0.05, 0.1) is 15.3 Å². The molecule has 0 saturated carbocycles. The molecular weight excluding hydrogens is 376 g/mol. The van der Waals surface area contributed by atoms with Gasteiger partial charge in [-0.15, -0.1) is 11.3 Å². The van der Waals surface area contributed by atoms with E-state index in [4.69, 9.17) is 4.42 Å². The molecule has 3 aromatic rings. The Hall–Kier alpha value is -1.37. The maximum Gasteiger partial charge on any atom is 0.420 e. The number of hydrogen-bond donors (Lipinski definition) is 0. The summed E-state index contributed by atoms with van der Waals surface area (Å²) in [6, 6.07) is 12.1. The minimum atomic E-state index is -0.239. The van der Waals surface area contributed by atoms with E-state index in [1.54, 1.807) is 11.3 Å². The second kappa shape index (κ2) is 6.26. The Morgan fingerprint density at radius 1 is 1.26 bits per heavy atom. The fraction of sp³-hybridized carbons (Fsp3) is 0.353. The lowest BCUT2D eigenvalue weighted by Gasteiger charge is -2.32. The Labute approximate surface area is 146 Å². The van der Waals surface area contributed by atoms with Gasteiger partial charge in [0, 0.05) is 18.0 Å². The summed E-state index contributed by atoms with van der Waals surface area (Å²) < 4.78 is 8.40. The predicted molar refractivity (Wildman–Crippen MR) is 96.0 cm³/mol. The molecular formula is C17H17BrN2O2S. The molecule has 0 N–H and O–H groups in total. The number of fused-ring (bicyclic) bond motifs is 1. The molecule has 1 aliphatic rings. The second-order valence-electron chi connectivity index (χ2n) is 5.94. The van der Waals surface area contributed by atoms with E-state index >= 15 is 0 Å². The third-order valence-corrected chi connectivity index (χ3v) is 5.98. The molecule has 23 heavy (non-hydrogen) atoms. The van der Waals surface area contributed by atoms with Crippen LogP contribution >= 0.6 is 27.3 Å². The second-order valence-corrected chi connectivity index (χ2v) is 8.49. The summed E-state index contributed by atoms with van der Waals surface area (Å²) in [5, 5.41) is 0. The number of hydrogen-bond acceptors (Lipinski definition) is 4. The Morgan fingerprint density at radius 3 is 2.96 bits per heavy atom. The van der Waals surface area contributed by atoms with E-state index < -0.39 is 0 Å². The van der Waals surface area contributed by atoms with E-state index in [0.29, 0.717) is 5.58 Å². The normalized spacial score (nSPS) is 19.4. The average molecular weight is 393 g/mol. The van der Waals surface area contributed by atoms with Crippen LogP contribution in [0.1, 0.15) is 23.8 Å². The zero-order valence-corrected chi connectivity index (χ0v) is 15.0. The molecule has 0 bridgehead atoms. The molecule has 6 heteroatoms. The van der Waals surface area contributed by atoms with E-state index in [1.807, 2.05) is 28.8 Å². The Balaban J connectivity index is 1.59. The van der Waals surface area contributed by atoms with Gasteiger partial charge in [0.15, 0.2) is 5.58 Å². The topological polar surface area (TPSA) is 38.4 Å². The first-order valence-electron chi connectivity index (χ1n) is 7.77. The number of aromatic nitrogens is 1. The van der Waals surface area contributed by atoms with Crippen LogP contribution in [-0.4, -0.2) is 22.6 Å². The number of oxazole rings is 1. The molecule has 0 spiro atoms. The number of halogens is 1. The zero-order valence-electron chi connectivity index (χ0n) is 12.6. The Morgan fingerprint density at radius 2 is 2.13 bits per heavy atom. The fourth-order valence-electron chi connectivity index (χ4n) is 3.37. The lowest BCUT2D eigenvalue weighted by Crippen LogP contribution is -2.38. The van der Waals surface area contributed by atoms with Crippen molar-refractivity contribution in [2.24, 2.45) is 0 Å². The smallest absolute Gasteiger partial charge is 0.408 e. The molecule has 120 valence electrons. The minimum absolute atomic E-state index is 0.184. The van der Waals surface area contributed by atoms with Gasteiger partial charge < -0.3 is 4.42 Å². The third kappa shape index (κ3) is 3.03. The highest BCUT2D eigenvalue weighted by Gasteiger charge is 2.25. The number of rotatable bonds is 3. The summed E-state index contributed by atoms with van der Waals surface area (Å²) in [5.74, 6) is -0.239. The summed E-state index contributed by atoms with van der Waals surface area (Å²) in [6.45, 7) is 2.91. The number of benzene rings is 1. The van der Waals surface area contributed by atoms with Crippen LogP contribution in [0.15, 0.2) is 49.4 Å². The third-order valence-electron chi connectivity index (χ3n) is 4.37. The molecule has 1 aromatic carbocycles. The largest absolute Gasteiger partial charge is 0.420 e. The molecule has 4 rings (SSSR count). The standard InChI is InChI=1S/C17H17BrN2O2S/c18-16-8-7-13(23-16)11-19-9-3-4-12(10-19)20-14-5-1-2-6-15(14)22-17(20)21/h1-2,5-8,12H,3-4,9-11H2/t12-/m1/s1. The highest BCUT2D eigenvalue weighted by molar-refractivity contribution is 9.11. The fourth-order valence-corrected chi connectivity index (χ4v) is 4.90. The number of para-hydroxylation sites is 2. The molecule has 0 amide bonds. The SMILES string of the molecule is O=c1oc2ccccc2n1[C@@H]1CCCN(Cc2ccc(Br)s2)C1. The van der Waals surface area contributed by atoms with Gasteiger partial charge in [0.1, 0.15) is 0 Å². The van der Waals surface area contributed by atoms with Gasteiger partial charge in [0.25, 0.3) is 0 Å². The summed E-state index contributed by atoms with van der Waals surface area (Å²) in [7, 11) is 0. The highest BCUT2D eigenvalue weighted by atomic mass is 79.9. The number of thiophene rings is 1. The lowest BCUT2D eigenvalue weighted by atomic mass is 10.1. The molecule has 1 atom stereocenters. The van der Waals surface area contributed by atoms with Crippen molar-refractivity contribution in [1.29, 1.82) is 0 Å². The van der Waals surface area contributed by atoms with Gasteiger partial charge >= 0.3 is 5.76 Å². The van der Waals surface area contributed by atoms with Crippen LogP contribution in [0.4, 0.5) is 0 Å². The first-order chi connectivity index (χ1) is 11.2. The van der Waals surface area contributed by atoms with Gasteiger partial charge in [-0.2, -0.15) is 0 Å². The van der Waals surface area contributed by atoms with Crippen LogP contribution in [0.2, 0.25) is 0 Å². The number of likely N-dealkylation sites (tertiary alicyclic amines) is 1. The van der Waals surface area contributed by atoms with E-state index in [-0.39, 0.29) is 11.8 Å². The van der Waals surface area contributed by atoms with Crippen LogP contribution in [0.3, 0.4) is 0 Å². The highest BCUT2D eigenvalue weighted by Crippen LogP contribution is 2.28. The van der Waals surface area contributed by atoms with E-state index in [9.17, 15) is 4.79 Å². The number of nitrogens with zero attached hydrogens (tertiary/aromatic N) is 2. The van der Waals surface area contributed by atoms with Crippen LogP contribution in [0, 0.1) is 0 Å². The zero-order chi connectivity index (χ0) is 15.8. The van der Waals surface area contributed by atoms with E-state index in [1.165, 1.54) is 4.88 Å². The van der Waals surface area contributed by atoms with Crippen molar-refractivity contribution in [3.05, 3.63) is 55.6 Å². The van der Waals surface area contributed by atoms with Gasteiger partial charge in [-0.05, 0) is 59.6 Å². The summed E-state index contributed by atoms with van der Waals surface area (Å²) in [5.41, 5.74) is 1.58. The van der Waals surface area contributed by atoms with Gasteiger partial charge in [-0.1, -0.05) is 12.1 Å². The molecule has 1 saturated heterocycles. The van der Waals surface area contributed by atoms with Crippen molar-refractivity contribution in [3.8, 4) is 0 Å². The van der Waals surface area contributed by atoms with Gasteiger partial charge in [0.2, 0.25) is 0 Å². The molecule has 0 radical (unpaired) electrons. The Kier molecular flexibility index (Phi) is 4.13. The van der Waals surface area contributed by atoms with E-state index in [0.717, 1.165) is 41.8 Å². The summed E-state index contributed by atoms with van der Waals surface area (Å²) in [4.78, 5) is 16.1. The minimum Gasteiger partial charge on any atom is -0.408 e. The first kappa shape index (κ1) is 15.2. The van der Waals surface area contributed by atoms with Crippen molar-refractivity contribution in [1.82, 2.24) is 9.47 Å². The molecule has 2 aromatic heterocycles. The lowest BCUT2D eigenvalue weighted by molar-refractivity contribution is 0.169. The van der Waals surface area contributed by atoms with Crippen molar-refractivity contribution in [3.63, 3.8) is 0 Å². The van der Waals surface area contributed by atoms with Gasteiger partial charge in [-0.3, -0.25) is 9.47 Å². The van der Waals surface area contributed by atoms with Crippen molar-refractivity contribution in [2.75, 3.05) is 13.1 Å². The monoisotopic (exact) mass is 392 g/mol. The average Bonchev–Trinajstić information content (AvgIpc) is 3.09. The van der Waals surface area contributed by atoms with Gasteiger partial charge in [-0.25, -0.2) is 4.79 Å². The van der Waals surface area contributed by atoms with Crippen LogP contribution in [-0.2, 0) is 6.54 Å². The van der Waals surface area contributed by atoms with Crippen LogP contribution in [0.5, 0.6) is 0 Å². The van der Waals surface area contributed by atoms with E-state index in [2.05, 4.69) is 33.0 Å². The van der Waals surface area contributed by atoms with Crippen LogP contribution in [0.25, 0.3) is 11.1 Å². The maximum absolute atomic E-state index is 12.3. The maximum atomic E-state index is 12.3. The predicted octanol–water partition coefficient (Wildman–Crippen LogP) is 4.26. The molecule has 4 nitrogen and oxygen atoms in total. The van der Waals surface area contributed by atoms with Crippen molar-refractivity contribution in [2.45, 2.75) is 25.4 Å². The molecule has 3 heterocycles. The van der Waals surface area contributed by atoms with Crippen molar-refractivity contribution >= 4 is 38.4 Å². The summed E-state index contributed by atoms with van der Waals surface area (Å²) in [6.07, 6.45) is 2.12.